The van der Waals surface area contributed by atoms with Crippen LogP contribution < -0.4 is 9.47 Å². The number of nitrogens with zero attached hydrogens (tertiary/aromatic N) is 2. The van der Waals surface area contributed by atoms with Crippen molar-refractivity contribution < 1.29 is 9.47 Å². The molecule has 0 saturated heterocycles. The minimum atomic E-state index is 0.621. The Hall–Kier alpha value is -2.60. The highest BCUT2D eigenvalue weighted by molar-refractivity contribution is 7.71. The van der Waals surface area contributed by atoms with E-state index >= 15 is 0 Å². The van der Waals surface area contributed by atoms with Crippen molar-refractivity contribution in [3.8, 4) is 11.5 Å². The summed E-state index contributed by atoms with van der Waals surface area (Å²) in [7, 11) is 3.26. The second-order valence-corrected chi connectivity index (χ2v) is 6.27. The summed E-state index contributed by atoms with van der Waals surface area (Å²) in [5.74, 6) is 2.31. The maximum atomic E-state index is 5.40. The van der Waals surface area contributed by atoms with Crippen LogP contribution in [0.1, 0.15) is 22.5 Å². The molecule has 130 valence electrons. The lowest BCUT2D eigenvalue weighted by atomic mass is 10.1. The second kappa shape index (κ2) is 7.53. The van der Waals surface area contributed by atoms with Gasteiger partial charge in [0.25, 0.3) is 0 Å². The Morgan fingerprint density at radius 1 is 1.00 bits per heavy atom. The molecule has 0 amide bonds. The van der Waals surface area contributed by atoms with Gasteiger partial charge in [0.05, 0.1) is 20.8 Å². The molecule has 0 aliphatic rings. The van der Waals surface area contributed by atoms with E-state index in [1.54, 1.807) is 14.2 Å². The molecule has 0 bridgehead atoms. The molecule has 5 nitrogen and oxygen atoms in total. The molecule has 0 aliphatic heterocycles. The quantitative estimate of drug-likeness (QED) is 0.681. The summed E-state index contributed by atoms with van der Waals surface area (Å²) in [6.07, 6.45) is 0.652. The predicted molar refractivity (Wildman–Crippen MR) is 100 cm³/mol. The third-order valence-electron chi connectivity index (χ3n) is 4.11. The van der Waals surface area contributed by atoms with Crippen LogP contribution in [0.5, 0.6) is 11.5 Å². The fraction of sp³-hybridized carbons (Fsp3) is 0.263. The van der Waals surface area contributed by atoms with Gasteiger partial charge in [-0.25, -0.2) is 0 Å². The van der Waals surface area contributed by atoms with Crippen LogP contribution in [0.15, 0.2) is 42.5 Å². The first kappa shape index (κ1) is 17.2. The van der Waals surface area contributed by atoms with E-state index in [0.717, 1.165) is 11.4 Å². The Kier molecular flexibility index (Phi) is 5.19. The summed E-state index contributed by atoms with van der Waals surface area (Å²) in [4.78, 5) is 0. The summed E-state index contributed by atoms with van der Waals surface area (Å²) in [5.41, 5.74) is 3.51. The summed E-state index contributed by atoms with van der Waals surface area (Å²) in [6.45, 7) is 2.77. The standard InChI is InChI=1S/C19H21N3O2S/c1-13-4-6-14(7-5-13)12-22-18(20-21-19(22)25)11-15-8-9-16(23-2)17(10-15)24-3/h4-10H,11-12H2,1-3H3,(H,21,25). The van der Waals surface area contributed by atoms with Crippen molar-refractivity contribution in [1.29, 1.82) is 0 Å². The van der Waals surface area contributed by atoms with Crippen LogP contribution in [-0.4, -0.2) is 29.0 Å². The van der Waals surface area contributed by atoms with Gasteiger partial charge in [-0.15, -0.1) is 0 Å². The molecule has 0 radical (unpaired) electrons. The van der Waals surface area contributed by atoms with Crippen molar-refractivity contribution in [2.24, 2.45) is 0 Å². The maximum absolute atomic E-state index is 5.40. The van der Waals surface area contributed by atoms with E-state index in [4.69, 9.17) is 21.7 Å². The smallest absolute Gasteiger partial charge is 0.195 e. The Bertz CT molecular complexity index is 913. The largest absolute Gasteiger partial charge is 0.493 e. The fourth-order valence-electron chi connectivity index (χ4n) is 2.70. The number of hydrogen-bond acceptors (Lipinski definition) is 4. The van der Waals surface area contributed by atoms with Gasteiger partial charge in [-0.2, -0.15) is 5.10 Å². The van der Waals surface area contributed by atoms with Gasteiger partial charge >= 0.3 is 0 Å². The molecule has 1 heterocycles. The molecule has 1 N–H and O–H groups in total. The van der Waals surface area contributed by atoms with Crippen LogP contribution in [0.4, 0.5) is 0 Å². The summed E-state index contributed by atoms with van der Waals surface area (Å²) >= 11 is 5.40. The van der Waals surface area contributed by atoms with Gasteiger partial charge in [-0.3, -0.25) is 9.67 Å². The zero-order chi connectivity index (χ0) is 17.8. The number of hydrogen-bond donors (Lipinski definition) is 1. The Balaban J connectivity index is 1.86. The molecular formula is C19H21N3O2S. The highest BCUT2D eigenvalue weighted by atomic mass is 32.1. The highest BCUT2D eigenvalue weighted by Gasteiger charge is 2.10. The van der Waals surface area contributed by atoms with Gasteiger partial charge in [0.2, 0.25) is 0 Å². The molecule has 2 aromatic carbocycles. The normalized spacial score (nSPS) is 10.7. The molecule has 1 aromatic heterocycles. The minimum Gasteiger partial charge on any atom is -0.493 e. The molecule has 6 heteroatoms. The molecule has 0 atom stereocenters. The molecule has 0 aliphatic carbocycles. The summed E-state index contributed by atoms with van der Waals surface area (Å²) in [5, 5.41) is 7.30. The van der Waals surface area contributed by atoms with Gasteiger partial charge in [-0.05, 0) is 42.4 Å². The molecule has 3 aromatic rings. The van der Waals surface area contributed by atoms with E-state index < -0.39 is 0 Å². The van der Waals surface area contributed by atoms with Crippen molar-refractivity contribution in [2.75, 3.05) is 14.2 Å². The maximum Gasteiger partial charge on any atom is 0.195 e. The van der Waals surface area contributed by atoms with Gasteiger partial charge in [0.15, 0.2) is 16.3 Å². The molecule has 3 rings (SSSR count). The molecule has 25 heavy (non-hydrogen) atoms. The number of benzene rings is 2. The first-order chi connectivity index (χ1) is 12.1. The fourth-order valence-corrected chi connectivity index (χ4v) is 2.91. The lowest BCUT2D eigenvalue weighted by molar-refractivity contribution is 0.354. The molecular weight excluding hydrogens is 334 g/mol. The number of rotatable bonds is 6. The Morgan fingerprint density at radius 3 is 2.36 bits per heavy atom. The van der Waals surface area contributed by atoms with Crippen molar-refractivity contribution >= 4 is 12.2 Å². The topological polar surface area (TPSA) is 52.1 Å². The van der Waals surface area contributed by atoms with Crippen LogP contribution in [0.3, 0.4) is 0 Å². The number of nitrogens with one attached hydrogen (secondary N) is 1. The lowest BCUT2D eigenvalue weighted by Crippen LogP contribution is -2.06. The molecule has 0 saturated carbocycles. The van der Waals surface area contributed by atoms with Crippen LogP contribution >= 0.6 is 12.2 Å². The van der Waals surface area contributed by atoms with E-state index in [9.17, 15) is 0 Å². The number of aryl methyl sites for hydroxylation is 1. The van der Waals surface area contributed by atoms with E-state index in [1.165, 1.54) is 11.1 Å². The van der Waals surface area contributed by atoms with Gasteiger partial charge < -0.3 is 9.47 Å². The molecule has 0 spiro atoms. The first-order valence-corrected chi connectivity index (χ1v) is 8.42. The van der Waals surface area contributed by atoms with Crippen LogP contribution in [0.2, 0.25) is 0 Å². The minimum absolute atomic E-state index is 0.621. The molecule has 0 unspecified atom stereocenters. The molecule has 0 fully saturated rings. The number of aromatic nitrogens is 3. The summed E-state index contributed by atoms with van der Waals surface area (Å²) in [6, 6.07) is 14.3. The van der Waals surface area contributed by atoms with Crippen LogP contribution in [-0.2, 0) is 13.0 Å². The van der Waals surface area contributed by atoms with Gasteiger partial charge in [0.1, 0.15) is 5.82 Å². The van der Waals surface area contributed by atoms with Crippen molar-refractivity contribution in [2.45, 2.75) is 19.9 Å². The van der Waals surface area contributed by atoms with E-state index in [-0.39, 0.29) is 0 Å². The third kappa shape index (κ3) is 3.91. The first-order valence-electron chi connectivity index (χ1n) is 8.01. The Morgan fingerprint density at radius 2 is 1.68 bits per heavy atom. The van der Waals surface area contributed by atoms with Crippen LogP contribution in [0.25, 0.3) is 0 Å². The van der Waals surface area contributed by atoms with Crippen LogP contribution in [0, 0.1) is 11.7 Å². The highest BCUT2D eigenvalue weighted by Crippen LogP contribution is 2.28. The SMILES string of the molecule is COc1ccc(Cc2n[nH]c(=S)n2Cc2ccc(C)cc2)cc1OC. The number of methoxy groups -OCH3 is 2. The average Bonchev–Trinajstić information content (AvgIpc) is 2.96. The van der Waals surface area contributed by atoms with Crippen molar-refractivity contribution in [1.82, 2.24) is 14.8 Å². The lowest BCUT2D eigenvalue weighted by Gasteiger charge is -2.10. The average molecular weight is 355 g/mol. The Labute approximate surface area is 152 Å². The zero-order valence-corrected chi connectivity index (χ0v) is 15.4. The monoisotopic (exact) mass is 355 g/mol. The number of aromatic amines is 1. The third-order valence-corrected chi connectivity index (χ3v) is 4.42. The van der Waals surface area contributed by atoms with Crippen molar-refractivity contribution in [3.63, 3.8) is 0 Å². The van der Waals surface area contributed by atoms with Crippen molar-refractivity contribution in [3.05, 3.63) is 69.8 Å². The van der Waals surface area contributed by atoms with E-state index in [0.29, 0.717) is 29.2 Å². The number of H-pyrrole nitrogens is 1. The van der Waals surface area contributed by atoms with Gasteiger partial charge in [0, 0.05) is 6.42 Å². The zero-order valence-electron chi connectivity index (χ0n) is 14.6. The number of ether oxygens (including phenoxy) is 2. The second-order valence-electron chi connectivity index (χ2n) is 5.88. The van der Waals surface area contributed by atoms with E-state index in [1.807, 2.05) is 22.8 Å². The summed E-state index contributed by atoms with van der Waals surface area (Å²) < 4.78 is 13.3. The predicted octanol–water partition coefficient (Wildman–Crippen LogP) is 3.91. The van der Waals surface area contributed by atoms with Gasteiger partial charge in [-0.1, -0.05) is 35.9 Å². The van der Waals surface area contributed by atoms with E-state index in [2.05, 4.69) is 41.4 Å².